The van der Waals surface area contributed by atoms with E-state index >= 15 is 0 Å². The van der Waals surface area contributed by atoms with Crippen molar-refractivity contribution in [3.8, 4) is 0 Å². The number of benzene rings is 1. The lowest BCUT2D eigenvalue weighted by molar-refractivity contribution is -0.144. The molecule has 1 amide bonds. The fourth-order valence-corrected chi connectivity index (χ4v) is 2.60. The molecule has 1 atom stereocenters. The number of carboxylic acids is 1. The Hall–Kier alpha value is -1.84. The molecule has 0 aromatic heterocycles. The van der Waals surface area contributed by atoms with Crippen molar-refractivity contribution in [3.05, 3.63) is 35.4 Å². The van der Waals surface area contributed by atoms with E-state index in [4.69, 9.17) is 0 Å². The molecule has 1 N–H and O–H groups in total. The lowest BCUT2D eigenvalue weighted by Crippen LogP contribution is -2.45. The van der Waals surface area contributed by atoms with Gasteiger partial charge in [0.2, 0.25) is 5.91 Å². The van der Waals surface area contributed by atoms with Crippen LogP contribution in [0.5, 0.6) is 0 Å². The molecule has 2 rings (SSSR count). The first kappa shape index (κ1) is 13.6. The van der Waals surface area contributed by atoms with Gasteiger partial charge in [0.1, 0.15) is 0 Å². The van der Waals surface area contributed by atoms with Crippen molar-refractivity contribution in [1.82, 2.24) is 4.90 Å². The summed E-state index contributed by atoms with van der Waals surface area (Å²) in [5.74, 6) is -1.62. The third-order valence-electron chi connectivity index (χ3n) is 3.99. The van der Waals surface area contributed by atoms with Gasteiger partial charge in [0, 0.05) is 13.0 Å². The summed E-state index contributed by atoms with van der Waals surface area (Å²) in [6, 6.07) is 7.95. The second kappa shape index (κ2) is 4.68. The third-order valence-corrected chi connectivity index (χ3v) is 3.99. The van der Waals surface area contributed by atoms with Crippen LogP contribution in [0.4, 0.5) is 0 Å². The number of carbonyl (C=O) groups excluding carboxylic acids is 1. The van der Waals surface area contributed by atoms with Crippen LogP contribution in [0.3, 0.4) is 0 Å². The summed E-state index contributed by atoms with van der Waals surface area (Å²) in [6.07, 6.45) is 0.0915. The van der Waals surface area contributed by atoms with E-state index in [0.717, 1.165) is 5.56 Å². The van der Waals surface area contributed by atoms with Crippen LogP contribution in [-0.4, -0.2) is 27.4 Å². The largest absolute Gasteiger partial charge is 0.481 e. The molecular formula is C15H19NO3. The van der Waals surface area contributed by atoms with Gasteiger partial charge >= 0.3 is 5.97 Å². The van der Waals surface area contributed by atoms with Crippen LogP contribution in [0.25, 0.3) is 0 Å². The van der Waals surface area contributed by atoms with E-state index in [1.54, 1.807) is 4.90 Å². The summed E-state index contributed by atoms with van der Waals surface area (Å²) in [4.78, 5) is 24.9. The second-order valence-electron chi connectivity index (χ2n) is 5.71. The molecule has 102 valence electrons. The Morgan fingerprint density at radius 1 is 1.37 bits per heavy atom. The minimum Gasteiger partial charge on any atom is -0.481 e. The fraction of sp³-hybridized carbons (Fsp3) is 0.467. The highest BCUT2D eigenvalue weighted by Crippen LogP contribution is 2.36. The van der Waals surface area contributed by atoms with Gasteiger partial charge < -0.3 is 10.0 Å². The Balaban J connectivity index is 2.22. The van der Waals surface area contributed by atoms with Crippen molar-refractivity contribution in [3.63, 3.8) is 0 Å². The third kappa shape index (κ3) is 2.48. The molecule has 1 aliphatic rings. The first-order valence-electron chi connectivity index (χ1n) is 6.41. The highest BCUT2D eigenvalue weighted by Gasteiger charge is 2.49. The lowest BCUT2D eigenvalue weighted by atomic mass is 9.88. The zero-order chi connectivity index (χ0) is 14.2. The molecule has 0 spiro atoms. The summed E-state index contributed by atoms with van der Waals surface area (Å²) in [6.45, 7) is 6.13. The van der Waals surface area contributed by atoms with E-state index in [0.29, 0.717) is 6.54 Å². The minimum atomic E-state index is -0.898. The van der Waals surface area contributed by atoms with Gasteiger partial charge in [-0.1, -0.05) is 29.8 Å². The molecule has 1 heterocycles. The van der Waals surface area contributed by atoms with Crippen LogP contribution >= 0.6 is 0 Å². The minimum absolute atomic E-state index is 0.0852. The van der Waals surface area contributed by atoms with Gasteiger partial charge in [-0.15, -0.1) is 0 Å². The van der Waals surface area contributed by atoms with E-state index < -0.39 is 17.4 Å². The average Bonchev–Trinajstić information content (AvgIpc) is 2.55. The molecule has 1 saturated heterocycles. The normalized spacial score (nSPS) is 21.7. The van der Waals surface area contributed by atoms with Crippen molar-refractivity contribution in [2.75, 3.05) is 0 Å². The topological polar surface area (TPSA) is 57.6 Å². The molecular weight excluding hydrogens is 242 g/mol. The SMILES string of the molecule is Cc1ccc(CN2C(=O)CC(C(=O)O)C2(C)C)cc1. The Kier molecular flexibility index (Phi) is 3.35. The summed E-state index contributed by atoms with van der Waals surface area (Å²) >= 11 is 0. The first-order chi connectivity index (χ1) is 8.82. The van der Waals surface area contributed by atoms with Gasteiger partial charge in [-0.05, 0) is 26.3 Å². The number of aliphatic carboxylic acids is 1. The Labute approximate surface area is 113 Å². The monoisotopic (exact) mass is 261 g/mol. The summed E-state index contributed by atoms with van der Waals surface area (Å²) in [5.41, 5.74) is 1.55. The number of carboxylic acid groups (broad SMARTS) is 1. The quantitative estimate of drug-likeness (QED) is 0.907. The molecule has 0 bridgehead atoms. The molecule has 0 saturated carbocycles. The van der Waals surface area contributed by atoms with Crippen LogP contribution in [-0.2, 0) is 16.1 Å². The average molecular weight is 261 g/mol. The first-order valence-corrected chi connectivity index (χ1v) is 6.41. The molecule has 1 aromatic rings. The fourth-order valence-electron chi connectivity index (χ4n) is 2.60. The Morgan fingerprint density at radius 2 is 1.95 bits per heavy atom. The van der Waals surface area contributed by atoms with E-state index in [1.165, 1.54) is 5.56 Å². The lowest BCUT2D eigenvalue weighted by Gasteiger charge is -2.34. The van der Waals surface area contributed by atoms with E-state index in [9.17, 15) is 14.7 Å². The standard InChI is InChI=1S/C15H19NO3/c1-10-4-6-11(7-5-10)9-16-13(17)8-12(14(18)19)15(16,2)3/h4-7,12H,8-9H2,1-3H3,(H,18,19). The van der Waals surface area contributed by atoms with Crippen molar-refractivity contribution < 1.29 is 14.7 Å². The number of carbonyl (C=O) groups is 2. The Morgan fingerprint density at radius 3 is 2.42 bits per heavy atom. The number of nitrogens with zero attached hydrogens (tertiary/aromatic N) is 1. The van der Waals surface area contributed by atoms with Crippen molar-refractivity contribution in [2.45, 2.75) is 39.3 Å². The van der Waals surface area contributed by atoms with Crippen LogP contribution in [0.2, 0.25) is 0 Å². The van der Waals surface area contributed by atoms with E-state index in [1.807, 2.05) is 45.0 Å². The molecule has 4 heteroatoms. The summed E-state index contributed by atoms with van der Waals surface area (Å²) in [5, 5.41) is 9.21. The van der Waals surface area contributed by atoms with E-state index in [2.05, 4.69) is 0 Å². The van der Waals surface area contributed by atoms with Gasteiger partial charge in [0.25, 0.3) is 0 Å². The van der Waals surface area contributed by atoms with E-state index in [-0.39, 0.29) is 12.3 Å². The van der Waals surface area contributed by atoms with Crippen molar-refractivity contribution in [1.29, 1.82) is 0 Å². The molecule has 1 unspecified atom stereocenters. The van der Waals surface area contributed by atoms with Crippen LogP contribution < -0.4 is 0 Å². The van der Waals surface area contributed by atoms with Crippen LogP contribution in [0.1, 0.15) is 31.4 Å². The molecule has 1 aromatic carbocycles. The van der Waals surface area contributed by atoms with Gasteiger partial charge in [-0.3, -0.25) is 9.59 Å². The van der Waals surface area contributed by atoms with Gasteiger partial charge in [-0.2, -0.15) is 0 Å². The molecule has 1 aliphatic heterocycles. The van der Waals surface area contributed by atoms with Gasteiger partial charge in [-0.25, -0.2) is 0 Å². The smallest absolute Gasteiger partial charge is 0.309 e. The molecule has 0 aliphatic carbocycles. The number of rotatable bonds is 3. The number of amides is 1. The van der Waals surface area contributed by atoms with Crippen molar-refractivity contribution >= 4 is 11.9 Å². The highest BCUT2D eigenvalue weighted by molar-refractivity contribution is 5.88. The predicted molar refractivity (Wildman–Crippen MR) is 71.6 cm³/mol. The summed E-state index contributed by atoms with van der Waals surface area (Å²) in [7, 11) is 0. The number of likely N-dealkylation sites (tertiary alicyclic amines) is 1. The maximum atomic E-state index is 12.0. The molecule has 1 fully saturated rings. The maximum absolute atomic E-state index is 12.0. The maximum Gasteiger partial charge on any atom is 0.309 e. The predicted octanol–water partition coefficient (Wildman–Crippen LogP) is 2.21. The number of hydrogen-bond acceptors (Lipinski definition) is 2. The van der Waals surface area contributed by atoms with Crippen molar-refractivity contribution in [2.24, 2.45) is 5.92 Å². The van der Waals surface area contributed by atoms with Gasteiger partial charge in [0.05, 0.1) is 11.5 Å². The number of aryl methyl sites for hydroxylation is 1. The van der Waals surface area contributed by atoms with Gasteiger partial charge in [0.15, 0.2) is 0 Å². The molecule has 0 radical (unpaired) electrons. The highest BCUT2D eigenvalue weighted by atomic mass is 16.4. The zero-order valence-electron chi connectivity index (χ0n) is 11.5. The Bertz CT molecular complexity index is 505. The second-order valence-corrected chi connectivity index (χ2v) is 5.71. The van der Waals surface area contributed by atoms with Crippen LogP contribution in [0, 0.1) is 12.8 Å². The number of hydrogen-bond donors (Lipinski definition) is 1. The van der Waals surface area contributed by atoms with Crippen LogP contribution in [0.15, 0.2) is 24.3 Å². The summed E-state index contributed by atoms with van der Waals surface area (Å²) < 4.78 is 0. The zero-order valence-corrected chi connectivity index (χ0v) is 11.5. The molecule has 4 nitrogen and oxygen atoms in total. The molecule has 19 heavy (non-hydrogen) atoms.